The van der Waals surface area contributed by atoms with Crippen molar-refractivity contribution in [1.29, 1.82) is 0 Å². The molecule has 0 aliphatic rings. The van der Waals surface area contributed by atoms with Gasteiger partial charge in [0, 0.05) is 24.0 Å². The maximum atomic E-state index is 6.32. The quantitative estimate of drug-likeness (QED) is 0.649. The van der Waals surface area contributed by atoms with Crippen LogP contribution in [-0.2, 0) is 13.1 Å². The first-order valence-corrected chi connectivity index (χ1v) is 8.52. The molecule has 24 heavy (non-hydrogen) atoms. The Morgan fingerprint density at radius 3 is 2.58 bits per heavy atom. The van der Waals surface area contributed by atoms with Crippen molar-refractivity contribution >= 4 is 22.5 Å². The van der Waals surface area contributed by atoms with E-state index >= 15 is 0 Å². The number of nitrogens with one attached hydrogen (secondary N) is 1. The summed E-state index contributed by atoms with van der Waals surface area (Å²) in [6.45, 7) is 6.19. The van der Waals surface area contributed by atoms with Crippen LogP contribution in [0.3, 0.4) is 0 Å². The van der Waals surface area contributed by atoms with Gasteiger partial charge in [0.2, 0.25) is 0 Å². The Bertz CT molecular complexity index is 831. The molecule has 1 N–H and O–H groups in total. The van der Waals surface area contributed by atoms with E-state index in [2.05, 4.69) is 47.6 Å². The minimum Gasteiger partial charge on any atom is -0.494 e. The number of aromatic nitrogens is 1. The van der Waals surface area contributed by atoms with E-state index in [9.17, 15) is 0 Å². The van der Waals surface area contributed by atoms with E-state index in [4.69, 9.17) is 16.3 Å². The normalized spacial score (nSPS) is 11.0. The van der Waals surface area contributed by atoms with Gasteiger partial charge in [0.1, 0.15) is 10.9 Å². The Kier molecular flexibility index (Phi) is 5.34. The van der Waals surface area contributed by atoms with E-state index in [1.807, 2.05) is 25.1 Å². The molecule has 124 valence electrons. The number of nitrogens with zero attached hydrogens (tertiary/aromatic N) is 1. The minimum absolute atomic E-state index is 0.545. The summed E-state index contributed by atoms with van der Waals surface area (Å²) in [4.78, 5) is 4.48. The molecule has 3 rings (SSSR count). The van der Waals surface area contributed by atoms with Gasteiger partial charge in [-0.15, -0.1) is 0 Å². The van der Waals surface area contributed by atoms with Crippen LogP contribution in [-0.4, -0.2) is 11.6 Å². The lowest BCUT2D eigenvalue weighted by atomic mass is 10.1. The highest BCUT2D eigenvalue weighted by atomic mass is 35.5. The number of halogens is 1. The largest absolute Gasteiger partial charge is 0.494 e. The number of ether oxygens (including phenoxy) is 1. The highest BCUT2D eigenvalue weighted by Gasteiger charge is 2.06. The first-order valence-electron chi connectivity index (χ1n) is 8.14. The first kappa shape index (κ1) is 16.7. The lowest BCUT2D eigenvalue weighted by Gasteiger charge is -2.10. The lowest BCUT2D eigenvalue weighted by Crippen LogP contribution is -2.13. The van der Waals surface area contributed by atoms with Crippen LogP contribution in [0, 0.1) is 6.92 Å². The molecule has 0 saturated heterocycles. The van der Waals surface area contributed by atoms with E-state index in [-0.39, 0.29) is 0 Å². The second-order valence-corrected chi connectivity index (χ2v) is 6.17. The second-order valence-electron chi connectivity index (χ2n) is 5.81. The summed E-state index contributed by atoms with van der Waals surface area (Å²) in [6.07, 6.45) is 0. The molecule has 3 aromatic rings. The molecule has 0 aliphatic heterocycles. The molecule has 2 aromatic carbocycles. The smallest absolute Gasteiger partial charge is 0.134 e. The van der Waals surface area contributed by atoms with Crippen molar-refractivity contribution in [1.82, 2.24) is 10.3 Å². The molecule has 0 spiro atoms. The molecule has 1 aromatic heterocycles. The average molecular weight is 341 g/mol. The van der Waals surface area contributed by atoms with Gasteiger partial charge in [-0.2, -0.15) is 0 Å². The van der Waals surface area contributed by atoms with Crippen molar-refractivity contribution in [2.24, 2.45) is 0 Å². The maximum Gasteiger partial charge on any atom is 0.134 e. The standard InChI is InChI=1S/C20H21ClN2O/c1-3-24-18-8-9-19-16(11-18)10-17(20(21)23-19)13-22-12-15-6-4-14(2)5-7-15/h4-11,22H,3,12-13H2,1-2H3. The third-order valence-electron chi connectivity index (χ3n) is 3.89. The summed E-state index contributed by atoms with van der Waals surface area (Å²) in [7, 11) is 0. The number of benzene rings is 2. The molecule has 0 atom stereocenters. The second kappa shape index (κ2) is 7.65. The van der Waals surface area contributed by atoms with Gasteiger partial charge < -0.3 is 10.1 Å². The van der Waals surface area contributed by atoms with Gasteiger partial charge in [0.05, 0.1) is 12.1 Å². The van der Waals surface area contributed by atoms with E-state index in [1.54, 1.807) is 0 Å². The molecule has 3 nitrogen and oxygen atoms in total. The lowest BCUT2D eigenvalue weighted by molar-refractivity contribution is 0.340. The summed E-state index contributed by atoms with van der Waals surface area (Å²) < 4.78 is 5.56. The SMILES string of the molecule is CCOc1ccc2nc(Cl)c(CNCc3ccc(C)cc3)cc2c1. The minimum atomic E-state index is 0.545. The summed E-state index contributed by atoms with van der Waals surface area (Å²) in [5, 5.41) is 5.01. The number of pyridine rings is 1. The first-order chi connectivity index (χ1) is 11.7. The molecule has 0 radical (unpaired) electrons. The van der Waals surface area contributed by atoms with Gasteiger partial charge in [0.25, 0.3) is 0 Å². The molecule has 0 saturated carbocycles. The third kappa shape index (κ3) is 4.05. The van der Waals surface area contributed by atoms with Crippen LogP contribution < -0.4 is 10.1 Å². The van der Waals surface area contributed by atoms with Crippen molar-refractivity contribution in [2.75, 3.05) is 6.61 Å². The monoisotopic (exact) mass is 340 g/mol. The summed E-state index contributed by atoms with van der Waals surface area (Å²) in [5.41, 5.74) is 4.39. The predicted molar refractivity (Wildman–Crippen MR) is 99.6 cm³/mol. The number of fused-ring (bicyclic) bond motifs is 1. The van der Waals surface area contributed by atoms with Gasteiger partial charge in [0.15, 0.2) is 0 Å². The van der Waals surface area contributed by atoms with Crippen LogP contribution in [0.5, 0.6) is 5.75 Å². The van der Waals surface area contributed by atoms with Crippen LogP contribution in [0.2, 0.25) is 5.15 Å². The average Bonchev–Trinajstić information content (AvgIpc) is 2.58. The fourth-order valence-corrected chi connectivity index (χ4v) is 2.82. The number of aryl methyl sites for hydroxylation is 1. The zero-order chi connectivity index (χ0) is 16.9. The highest BCUT2D eigenvalue weighted by molar-refractivity contribution is 6.30. The third-order valence-corrected chi connectivity index (χ3v) is 4.22. The number of hydrogen-bond donors (Lipinski definition) is 1. The van der Waals surface area contributed by atoms with Crippen molar-refractivity contribution < 1.29 is 4.74 Å². The molecular formula is C20H21ClN2O. The Morgan fingerprint density at radius 2 is 1.83 bits per heavy atom. The van der Waals surface area contributed by atoms with Gasteiger partial charge in [-0.05, 0) is 43.7 Å². The zero-order valence-corrected chi connectivity index (χ0v) is 14.7. The fourth-order valence-electron chi connectivity index (χ4n) is 2.60. The van der Waals surface area contributed by atoms with E-state index in [1.165, 1.54) is 11.1 Å². The van der Waals surface area contributed by atoms with Crippen LogP contribution in [0.25, 0.3) is 10.9 Å². The van der Waals surface area contributed by atoms with Gasteiger partial charge in [-0.1, -0.05) is 41.4 Å². The summed E-state index contributed by atoms with van der Waals surface area (Å²) in [6, 6.07) is 16.5. The maximum absolute atomic E-state index is 6.32. The molecule has 0 amide bonds. The Hall–Kier alpha value is -2.10. The Morgan fingerprint density at radius 1 is 1.04 bits per heavy atom. The zero-order valence-electron chi connectivity index (χ0n) is 14.0. The Labute approximate surface area is 147 Å². The van der Waals surface area contributed by atoms with Crippen LogP contribution in [0.15, 0.2) is 48.5 Å². The van der Waals surface area contributed by atoms with Crippen molar-refractivity contribution in [3.8, 4) is 5.75 Å². The Balaban J connectivity index is 1.73. The van der Waals surface area contributed by atoms with Gasteiger partial charge in [-0.25, -0.2) is 4.98 Å². The summed E-state index contributed by atoms with van der Waals surface area (Å²) in [5.74, 6) is 0.854. The van der Waals surface area contributed by atoms with Crippen molar-refractivity contribution in [2.45, 2.75) is 26.9 Å². The topological polar surface area (TPSA) is 34.1 Å². The van der Waals surface area contributed by atoms with E-state index in [0.717, 1.165) is 28.8 Å². The van der Waals surface area contributed by atoms with E-state index < -0.39 is 0 Å². The van der Waals surface area contributed by atoms with Crippen LogP contribution in [0.4, 0.5) is 0 Å². The highest BCUT2D eigenvalue weighted by Crippen LogP contribution is 2.24. The van der Waals surface area contributed by atoms with Crippen molar-refractivity contribution in [3.63, 3.8) is 0 Å². The van der Waals surface area contributed by atoms with Crippen LogP contribution >= 0.6 is 11.6 Å². The molecule has 1 heterocycles. The number of hydrogen-bond acceptors (Lipinski definition) is 3. The molecule has 0 fully saturated rings. The van der Waals surface area contributed by atoms with Gasteiger partial charge in [-0.3, -0.25) is 0 Å². The molecule has 0 aliphatic carbocycles. The predicted octanol–water partition coefficient (Wildman–Crippen LogP) is 4.89. The molecular weight excluding hydrogens is 320 g/mol. The van der Waals surface area contributed by atoms with Crippen molar-refractivity contribution in [3.05, 3.63) is 70.4 Å². The number of rotatable bonds is 6. The summed E-state index contributed by atoms with van der Waals surface area (Å²) >= 11 is 6.32. The van der Waals surface area contributed by atoms with Gasteiger partial charge >= 0.3 is 0 Å². The molecule has 0 unspecified atom stereocenters. The van der Waals surface area contributed by atoms with E-state index in [0.29, 0.717) is 18.3 Å². The molecule has 0 bridgehead atoms. The molecule has 4 heteroatoms. The van der Waals surface area contributed by atoms with Crippen LogP contribution in [0.1, 0.15) is 23.6 Å². The fraction of sp³-hybridized carbons (Fsp3) is 0.250.